The monoisotopic (exact) mass is 292 g/mol. The minimum atomic E-state index is 0.0156. The second-order valence-electron chi connectivity index (χ2n) is 5.09. The number of carbonyl (C=O) groups excluding carboxylic acids is 1. The average molecular weight is 292 g/mol. The molecule has 1 N–H and O–H groups in total. The summed E-state index contributed by atoms with van der Waals surface area (Å²) in [4.78, 5) is 14.0. The molecule has 0 saturated heterocycles. The number of nitrogens with one attached hydrogen (secondary N) is 1. The van der Waals surface area contributed by atoms with Gasteiger partial charge in [-0.15, -0.1) is 0 Å². The minimum absolute atomic E-state index is 0.0156. The number of nitrogens with zero attached hydrogens (tertiary/aromatic N) is 1. The number of hydrogen-bond donors (Lipinski definition) is 1. The van der Waals surface area contributed by atoms with E-state index in [1.807, 2.05) is 24.3 Å². The summed E-state index contributed by atoms with van der Waals surface area (Å²) in [6.45, 7) is 9.20. The van der Waals surface area contributed by atoms with E-state index in [0.717, 1.165) is 37.6 Å². The minimum Gasteiger partial charge on any atom is -0.494 e. The number of hydrogen-bond acceptors (Lipinski definition) is 3. The van der Waals surface area contributed by atoms with E-state index in [1.54, 1.807) is 0 Å². The van der Waals surface area contributed by atoms with Crippen LogP contribution in [0.15, 0.2) is 24.3 Å². The molecule has 0 unspecified atom stereocenters. The molecule has 0 heterocycles. The van der Waals surface area contributed by atoms with Gasteiger partial charge in [0.05, 0.1) is 13.2 Å². The van der Waals surface area contributed by atoms with E-state index >= 15 is 0 Å². The van der Waals surface area contributed by atoms with Crippen molar-refractivity contribution in [2.45, 2.75) is 40.0 Å². The van der Waals surface area contributed by atoms with E-state index in [2.05, 4.69) is 31.0 Å². The van der Waals surface area contributed by atoms with Crippen molar-refractivity contribution in [2.24, 2.45) is 0 Å². The maximum atomic E-state index is 12.0. The van der Waals surface area contributed by atoms with Gasteiger partial charge < -0.3 is 10.1 Å². The van der Waals surface area contributed by atoms with Gasteiger partial charge in [-0.25, -0.2) is 0 Å². The summed E-state index contributed by atoms with van der Waals surface area (Å²) in [5.74, 6) is 0.827. The number of amides is 1. The van der Waals surface area contributed by atoms with Gasteiger partial charge >= 0.3 is 0 Å². The zero-order chi connectivity index (χ0) is 15.5. The molecule has 0 aromatic heterocycles. The standard InChI is InChI=1S/C17H28N2O2/c1-4-7-8-12-21-16-11-9-10-15(13-16)18-17(20)14-19(5-2)6-3/h9-11,13H,4-8,12,14H2,1-3H3,(H,18,20). The smallest absolute Gasteiger partial charge is 0.238 e. The van der Waals surface area contributed by atoms with Gasteiger partial charge in [0.15, 0.2) is 0 Å². The molecule has 1 amide bonds. The highest BCUT2D eigenvalue weighted by Gasteiger charge is 2.07. The van der Waals surface area contributed by atoms with E-state index in [-0.39, 0.29) is 5.91 Å². The number of unbranched alkanes of at least 4 members (excludes halogenated alkanes) is 2. The largest absolute Gasteiger partial charge is 0.494 e. The van der Waals surface area contributed by atoms with Gasteiger partial charge in [0.25, 0.3) is 0 Å². The number of benzene rings is 1. The molecule has 0 saturated carbocycles. The van der Waals surface area contributed by atoms with Crippen LogP contribution in [-0.2, 0) is 4.79 Å². The number of likely N-dealkylation sites (N-methyl/N-ethyl adjacent to an activating group) is 1. The van der Waals surface area contributed by atoms with Crippen LogP contribution in [0.5, 0.6) is 5.75 Å². The second-order valence-corrected chi connectivity index (χ2v) is 5.09. The highest BCUT2D eigenvalue weighted by Crippen LogP contribution is 2.17. The summed E-state index contributed by atoms with van der Waals surface area (Å²) in [6.07, 6.45) is 3.43. The fraction of sp³-hybridized carbons (Fsp3) is 0.588. The number of ether oxygens (including phenoxy) is 1. The van der Waals surface area contributed by atoms with Gasteiger partial charge in [0, 0.05) is 11.8 Å². The van der Waals surface area contributed by atoms with Crippen molar-refractivity contribution in [1.29, 1.82) is 0 Å². The lowest BCUT2D eigenvalue weighted by molar-refractivity contribution is -0.117. The molecule has 4 nitrogen and oxygen atoms in total. The molecule has 0 fully saturated rings. The number of carbonyl (C=O) groups is 1. The van der Waals surface area contributed by atoms with Crippen LogP contribution in [0.2, 0.25) is 0 Å². The van der Waals surface area contributed by atoms with Crippen molar-refractivity contribution in [2.75, 3.05) is 31.6 Å². The van der Waals surface area contributed by atoms with Crippen LogP contribution in [-0.4, -0.2) is 37.0 Å². The van der Waals surface area contributed by atoms with Crippen molar-refractivity contribution in [3.05, 3.63) is 24.3 Å². The third-order valence-corrected chi connectivity index (χ3v) is 3.40. The highest BCUT2D eigenvalue weighted by molar-refractivity contribution is 5.92. The molecule has 21 heavy (non-hydrogen) atoms. The van der Waals surface area contributed by atoms with Crippen LogP contribution < -0.4 is 10.1 Å². The molecular weight excluding hydrogens is 264 g/mol. The number of rotatable bonds is 10. The van der Waals surface area contributed by atoms with Crippen LogP contribution in [0.4, 0.5) is 5.69 Å². The molecule has 0 radical (unpaired) electrons. The molecule has 0 aliphatic carbocycles. The fourth-order valence-corrected chi connectivity index (χ4v) is 2.06. The third kappa shape index (κ3) is 7.14. The third-order valence-electron chi connectivity index (χ3n) is 3.40. The summed E-state index contributed by atoms with van der Waals surface area (Å²) < 4.78 is 5.69. The first-order valence-corrected chi connectivity index (χ1v) is 7.94. The SMILES string of the molecule is CCCCCOc1cccc(NC(=O)CN(CC)CC)c1. The molecule has 0 bridgehead atoms. The molecule has 0 aliphatic heterocycles. The summed E-state index contributed by atoms with van der Waals surface area (Å²) in [5.41, 5.74) is 0.792. The van der Waals surface area contributed by atoms with Gasteiger partial charge in [-0.1, -0.05) is 39.7 Å². The fourth-order valence-electron chi connectivity index (χ4n) is 2.06. The first kappa shape index (κ1) is 17.5. The summed E-state index contributed by atoms with van der Waals surface area (Å²) in [6, 6.07) is 7.60. The normalized spacial score (nSPS) is 10.7. The van der Waals surface area contributed by atoms with Crippen LogP contribution >= 0.6 is 0 Å². The van der Waals surface area contributed by atoms with Crippen molar-refractivity contribution in [1.82, 2.24) is 4.90 Å². The molecule has 118 valence electrons. The molecular formula is C17H28N2O2. The molecule has 0 atom stereocenters. The Kier molecular flexibility index (Phi) is 8.51. The Bertz CT molecular complexity index is 417. The van der Waals surface area contributed by atoms with E-state index in [1.165, 1.54) is 12.8 Å². The van der Waals surface area contributed by atoms with Crippen molar-refractivity contribution >= 4 is 11.6 Å². The average Bonchev–Trinajstić information content (AvgIpc) is 2.49. The quantitative estimate of drug-likeness (QED) is 0.671. The predicted molar refractivity (Wildman–Crippen MR) is 87.9 cm³/mol. The van der Waals surface area contributed by atoms with Crippen LogP contribution in [0.3, 0.4) is 0 Å². The van der Waals surface area contributed by atoms with Crippen LogP contribution in [0.25, 0.3) is 0 Å². The van der Waals surface area contributed by atoms with Gasteiger partial charge in [-0.05, 0) is 31.6 Å². The zero-order valence-corrected chi connectivity index (χ0v) is 13.5. The Balaban J connectivity index is 2.46. The number of anilines is 1. The molecule has 0 spiro atoms. The maximum absolute atomic E-state index is 12.0. The van der Waals surface area contributed by atoms with E-state index in [4.69, 9.17) is 4.74 Å². The summed E-state index contributed by atoms with van der Waals surface area (Å²) in [5, 5.41) is 2.92. The molecule has 1 rings (SSSR count). The first-order valence-electron chi connectivity index (χ1n) is 7.94. The summed E-state index contributed by atoms with van der Waals surface area (Å²) >= 11 is 0. The topological polar surface area (TPSA) is 41.6 Å². The van der Waals surface area contributed by atoms with E-state index in [0.29, 0.717) is 6.54 Å². The molecule has 1 aromatic carbocycles. The van der Waals surface area contributed by atoms with E-state index in [9.17, 15) is 4.79 Å². The molecule has 0 aliphatic rings. The van der Waals surface area contributed by atoms with Crippen molar-refractivity contribution in [3.8, 4) is 5.75 Å². The van der Waals surface area contributed by atoms with Crippen LogP contribution in [0.1, 0.15) is 40.0 Å². The predicted octanol–water partition coefficient (Wildman–Crippen LogP) is 3.54. The Morgan fingerprint density at radius 3 is 2.62 bits per heavy atom. The Morgan fingerprint density at radius 1 is 1.19 bits per heavy atom. The van der Waals surface area contributed by atoms with Crippen LogP contribution in [0, 0.1) is 0 Å². The maximum Gasteiger partial charge on any atom is 0.238 e. The second kappa shape index (κ2) is 10.2. The van der Waals surface area contributed by atoms with Crippen molar-refractivity contribution < 1.29 is 9.53 Å². The Morgan fingerprint density at radius 2 is 1.95 bits per heavy atom. The van der Waals surface area contributed by atoms with Gasteiger partial charge in [0.2, 0.25) is 5.91 Å². The lowest BCUT2D eigenvalue weighted by Gasteiger charge is -2.17. The molecule has 1 aromatic rings. The Hall–Kier alpha value is -1.55. The molecule has 4 heteroatoms. The first-order chi connectivity index (χ1) is 10.2. The van der Waals surface area contributed by atoms with E-state index < -0.39 is 0 Å². The lowest BCUT2D eigenvalue weighted by Crippen LogP contribution is -2.32. The zero-order valence-electron chi connectivity index (χ0n) is 13.5. The highest BCUT2D eigenvalue weighted by atomic mass is 16.5. The van der Waals surface area contributed by atoms with Gasteiger partial charge in [0.1, 0.15) is 5.75 Å². The van der Waals surface area contributed by atoms with Gasteiger partial charge in [-0.3, -0.25) is 9.69 Å². The lowest BCUT2D eigenvalue weighted by atomic mass is 10.2. The summed E-state index contributed by atoms with van der Waals surface area (Å²) in [7, 11) is 0. The Labute approximate surface area is 128 Å². The van der Waals surface area contributed by atoms with Crippen molar-refractivity contribution in [3.63, 3.8) is 0 Å². The van der Waals surface area contributed by atoms with Gasteiger partial charge in [-0.2, -0.15) is 0 Å².